The van der Waals surface area contributed by atoms with Gasteiger partial charge in [0.05, 0.1) is 10.0 Å². The van der Waals surface area contributed by atoms with Crippen LogP contribution in [0.5, 0.6) is 0 Å². The maximum absolute atomic E-state index is 14.7. The van der Waals surface area contributed by atoms with E-state index in [1.807, 2.05) is 0 Å². The molecule has 1 fully saturated rings. The van der Waals surface area contributed by atoms with E-state index in [0.717, 1.165) is 6.07 Å². The number of hydrogen-bond acceptors (Lipinski definition) is 2. The van der Waals surface area contributed by atoms with Gasteiger partial charge in [0.25, 0.3) is 5.92 Å². The number of likely N-dealkylation sites (tertiary alicyclic amines) is 1. The van der Waals surface area contributed by atoms with Gasteiger partial charge in [0.2, 0.25) is 0 Å². The Morgan fingerprint density at radius 3 is 2.38 bits per heavy atom. The Kier molecular flexibility index (Phi) is 5.52. The Hall–Kier alpha value is -1.24. The number of ether oxygens (including phenoxy) is 1. The van der Waals surface area contributed by atoms with Crippen LogP contribution in [0.1, 0.15) is 39.2 Å². The van der Waals surface area contributed by atoms with Crippen LogP contribution in [0.15, 0.2) is 22.7 Å². The predicted molar refractivity (Wildman–Crippen MR) is 88.5 cm³/mol. The highest BCUT2D eigenvalue weighted by molar-refractivity contribution is 9.10. The lowest BCUT2D eigenvalue weighted by atomic mass is 9.86. The summed E-state index contributed by atoms with van der Waals surface area (Å²) in [6, 6.07) is 3.90. The first kappa shape index (κ1) is 19.1. The van der Waals surface area contributed by atoms with E-state index in [-0.39, 0.29) is 30.4 Å². The van der Waals surface area contributed by atoms with Crippen LogP contribution in [0.25, 0.3) is 0 Å². The summed E-state index contributed by atoms with van der Waals surface area (Å²) in [6.45, 7) is 5.60. The molecular weight excluding hydrogens is 387 g/mol. The Bertz CT molecular complexity index is 608. The Labute approximate surface area is 148 Å². The smallest absolute Gasteiger partial charge is 0.410 e. The van der Waals surface area contributed by atoms with Crippen LogP contribution >= 0.6 is 15.9 Å². The minimum atomic E-state index is -3.28. The molecule has 0 radical (unpaired) electrons. The summed E-state index contributed by atoms with van der Waals surface area (Å²) in [4.78, 5) is 13.4. The van der Waals surface area contributed by atoms with Crippen molar-refractivity contribution in [2.75, 3.05) is 13.1 Å². The third kappa shape index (κ3) is 4.23. The van der Waals surface area contributed by atoms with Gasteiger partial charge in [-0.25, -0.2) is 18.0 Å². The molecule has 2 rings (SSSR count). The molecule has 24 heavy (non-hydrogen) atoms. The number of piperidine rings is 1. The molecule has 0 unspecified atom stereocenters. The number of hydrogen-bond donors (Lipinski definition) is 0. The van der Waals surface area contributed by atoms with E-state index >= 15 is 0 Å². The van der Waals surface area contributed by atoms with Gasteiger partial charge in [0.1, 0.15) is 11.4 Å². The molecule has 0 aromatic heterocycles. The minimum Gasteiger partial charge on any atom is -0.444 e. The van der Waals surface area contributed by atoms with Gasteiger partial charge in [-0.05, 0) is 61.7 Å². The van der Waals surface area contributed by atoms with Gasteiger partial charge in [-0.2, -0.15) is 0 Å². The van der Waals surface area contributed by atoms with E-state index in [9.17, 15) is 18.0 Å². The van der Waals surface area contributed by atoms with Crippen LogP contribution in [0.2, 0.25) is 0 Å². The second kappa shape index (κ2) is 6.94. The van der Waals surface area contributed by atoms with Gasteiger partial charge < -0.3 is 9.64 Å². The van der Waals surface area contributed by atoms with E-state index in [1.54, 1.807) is 20.8 Å². The van der Waals surface area contributed by atoms with E-state index < -0.39 is 34.9 Å². The van der Waals surface area contributed by atoms with Crippen molar-refractivity contribution in [3.8, 4) is 0 Å². The van der Waals surface area contributed by atoms with Crippen LogP contribution < -0.4 is 0 Å². The Morgan fingerprint density at radius 2 is 1.83 bits per heavy atom. The molecule has 1 heterocycles. The van der Waals surface area contributed by atoms with Crippen molar-refractivity contribution < 1.29 is 22.7 Å². The third-order valence-corrected chi connectivity index (χ3v) is 4.58. The number of carbonyl (C=O) groups excluding carboxylic acids is 1. The summed E-state index contributed by atoms with van der Waals surface area (Å²) in [5.41, 5.74) is -1.23. The lowest BCUT2D eigenvalue weighted by Gasteiger charge is -2.36. The van der Waals surface area contributed by atoms with E-state index in [1.165, 1.54) is 17.0 Å². The number of rotatable bonds is 2. The van der Waals surface area contributed by atoms with Gasteiger partial charge in [0.15, 0.2) is 0 Å². The van der Waals surface area contributed by atoms with Crippen molar-refractivity contribution >= 4 is 22.0 Å². The number of amides is 1. The molecular formula is C17H21BrF3NO2. The molecule has 1 saturated heterocycles. The van der Waals surface area contributed by atoms with Crippen LogP contribution in [-0.4, -0.2) is 29.7 Å². The van der Waals surface area contributed by atoms with Gasteiger partial charge in [0, 0.05) is 19.0 Å². The topological polar surface area (TPSA) is 29.5 Å². The average Bonchev–Trinajstić information content (AvgIpc) is 2.48. The van der Waals surface area contributed by atoms with Crippen molar-refractivity contribution in [1.82, 2.24) is 4.90 Å². The molecule has 7 heteroatoms. The number of benzene rings is 1. The van der Waals surface area contributed by atoms with Gasteiger partial charge in [-0.15, -0.1) is 0 Å². The zero-order valence-corrected chi connectivity index (χ0v) is 15.5. The van der Waals surface area contributed by atoms with Crippen molar-refractivity contribution in [3.63, 3.8) is 0 Å². The second-order valence-corrected chi connectivity index (χ2v) is 7.82. The fourth-order valence-electron chi connectivity index (χ4n) is 2.73. The largest absolute Gasteiger partial charge is 0.444 e. The monoisotopic (exact) mass is 407 g/mol. The maximum atomic E-state index is 14.7. The number of nitrogens with zero attached hydrogens (tertiary/aromatic N) is 1. The summed E-state index contributed by atoms with van der Waals surface area (Å²) in [6.07, 6.45) is -0.311. The average molecular weight is 408 g/mol. The molecule has 0 spiro atoms. The molecule has 0 N–H and O–H groups in total. The first-order valence-corrected chi connectivity index (χ1v) is 8.62. The van der Waals surface area contributed by atoms with Gasteiger partial charge in [-0.1, -0.05) is 6.07 Å². The molecule has 1 aromatic rings. The maximum Gasteiger partial charge on any atom is 0.410 e. The molecule has 134 valence electrons. The first-order chi connectivity index (χ1) is 11.0. The molecule has 0 atom stereocenters. The van der Waals surface area contributed by atoms with Crippen LogP contribution in [0, 0.1) is 11.7 Å². The van der Waals surface area contributed by atoms with Crippen LogP contribution in [0.4, 0.5) is 18.0 Å². The van der Waals surface area contributed by atoms with E-state index in [0.29, 0.717) is 0 Å². The number of alkyl halides is 2. The molecule has 0 saturated carbocycles. The van der Waals surface area contributed by atoms with E-state index in [2.05, 4.69) is 15.9 Å². The zero-order valence-electron chi connectivity index (χ0n) is 13.9. The highest BCUT2D eigenvalue weighted by atomic mass is 79.9. The summed E-state index contributed by atoms with van der Waals surface area (Å²) >= 11 is 2.94. The quantitative estimate of drug-likeness (QED) is 0.663. The SMILES string of the molecule is CC(C)(C)OC(=O)N1CCC(C(F)(F)c2cccc(Br)c2F)CC1. The molecule has 0 bridgehead atoms. The highest BCUT2D eigenvalue weighted by Gasteiger charge is 2.45. The second-order valence-electron chi connectivity index (χ2n) is 6.97. The number of halogens is 4. The molecule has 0 aliphatic carbocycles. The summed E-state index contributed by atoms with van der Waals surface area (Å²) in [5, 5.41) is 0. The number of carbonyl (C=O) groups is 1. The predicted octanol–water partition coefficient (Wildman–Crippen LogP) is 5.33. The lowest BCUT2D eigenvalue weighted by molar-refractivity contribution is -0.0885. The standard InChI is InChI=1S/C17H21BrF3NO2/c1-16(2,3)24-15(23)22-9-7-11(8-10-22)17(20,21)12-5-4-6-13(18)14(12)19/h4-6,11H,7-10H2,1-3H3. The normalized spacial score (nSPS) is 17.0. The summed E-state index contributed by atoms with van der Waals surface area (Å²) < 4.78 is 48.7. The van der Waals surface area contributed by atoms with Crippen molar-refractivity contribution in [3.05, 3.63) is 34.1 Å². The Morgan fingerprint density at radius 1 is 1.25 bits per heavy atom. The fraction of sp³-hybridized carbons (Fsp3) is 0.588. The van der Waals surface area contributed by atoms with Crippen molar-refractivity contribution in [1.29, 1.82) is 0 Å². The lowest BCUT2D eigenvalue weighted by Crippen LogP contribution is -2.44. The third-order valence-electron chi connectivity index (χ3n) is 3.97. The first-order valence-electron chi connectivity index (χ1n) is 7.82. The van der Waals surface area contributed by atoms with Crippen LogP contribution in [0.3, 0.4) is 0 Å². The highest BCUT2D eigenvalue weighted by Crippen LogP contribution is 2.43. The van der Waals surface area contributed by atoms with Gasteiger partial charge in [-0.3, -0.25) is 0 Å². The van der Waals surface area contributed by atoms with E-state index in [4.69, 9.17) is 4.74 Å². The van der Waals surface area contributed by atoms with Crippen LogP contribution in [-0.2, 0) is 10.7 Å². The zero-order chi connectivity index (χ0) is 18.1. The van der Waals surface area contributed by atoms with Gasteiger partial charge >= 0.3 is 6.09 Å². The minimum absolute atomic E-state index is 0.0193. The molecule has 1 amide bonds. The Balaban J connectivity index is 2.06. The van der Waals surface area contributed by atoms with Crippen molar-refractivity contribution in [2.24, 2.45) is 5.92 Å². The summed E-state index contributed by atoms with van der Waals surface area (Å²) in [7, 11) is 0. The fourth-order valence-corrected chi connectivity index (χ4v) is 3.10. The summed E-state index contributed by atoms with van der Waals surface area (Å²) in [5.74, 6) is -5.23. The van der Waals surface area contributed by atoms with Crippen molar-refractivity contribution in [2.45, 2.75) is 45.1 Å². The molecule has 1 aliphatic heterocycles. The molecule has 1 aromatic carbocycles. The molecule has 3 nitrogen and oxygen atoms in total. The molecule has 1 aliphatic rings.